The number of fused-ring (bicyclic) bond motifs is 2. The van der Waals surface area contributed by atoms with E-state index in [1.165, 1.54) is 6.07 Å². The molecule has 0 spiro atoms. The Balaban J connectivity index is 1.52. The zero-order valence-corrected chi connectivity index (χ0v) is 21.1. The Hall–Kier alpha value is -4.38. The minimum Gasteiger partial charge on any atom is -0.496 e. The standard InChI is InChI=1S/C29H30N4O4/c1-17(2)11-19(13-26(34)25-15-22-24(32-25)9-6-10-27(22)37-3)29(36)31-20(16-30)12-18-14-28(35)33-23-8-5-4-7-21(18)23/h4-10,14-15,17,19-20,32H,11-13H2,1-3H3,(H,31,36)(H,33,35)/t19-,20-/m1/s1. The monoisotopic (exact) mass is 498 g/mol. The summed E-state index contributed by atoms with van der Waals surface area (Å²) in [7, 11) is 1.58. The molecule has 2 heterocycles. The maximum absolute atomic E-state index is 13.3. The van der Waals surface area contributed by atoms with Gasteiger partial charge in [-0.2, -0.15) is 5.26 Å². The molecule has 3 N–H and O–H groups in total. The van der Waals surface area contributed by atoms with Crippen molar-refractivity contribution in [3.8, 4) is 11.8 Å². The summed E-state index contributed by atoms with van der Waals surface area (Å²) in [5.41, 5.74) is 2.27. The molecule has 0 saturated heterocycles. The van der Waals surface area contributed by atoms with Crippen molar-refractivity contribution >= 4 is 33.5 Å². The first-order valence-electron chi connectivity index (χ1n) is 12.3. The molecule has 0 fully saturated rings. The number of benzene rings is 2. The summed E-state index contributed by atoms with van der Waals surface area (Å²) in [5, 5.41) is 14.2. The average molecular weight is 499 g/mol. The van der Waals surface area contributed by atoms with Crippen LogP contribution in [0.3, 0.4) is 0 Å². The number of ether oxygens (including phenoxy) is 1. The lowest BCUT2D eigenvalue weighted by molar-refractivity contribution is -0.125. The fourth-order valence-corrected chi connectivity index (χ4v) is 4.73. The first-order chi connectivity index (χ1) is 17.8. The summed E-state index contributed by atoms with van der Waals surface area (Å²) < 4.78 is 5.38. The number of rotatable bonds is 10. The van der Waals surface area contributed by atoms with Crippen molar-refractivity contribution in [1.29, 1.82) is 5.26 Å². The van der Waals surface area contributed by atoms with Gasteiger partial charge in [-0.25, -0.2) is 0 Å². The van der Waals surface area contributed by atoms with E-state index in [4.69, 9.17) is 4.74 Å². The third kappa shape index (κ3) is 5.89. The van der Waals surface area contributed by atoms with Crippen LogP contribution < -0.4 is 15.6 Å². The van der Waals surface area contributed by atoms with Crippen molar-refractivity contribution in [1.82, 2.24) is 15.3 Å². The number of pyridine rings is 1. The third-order valence-corrected chi connectivity index (χ3v) is 6.44. The molecule has 2 atom stereocenters. The second-order valence-electron chi connectivity index (χ2n) is 9.66. The number of ketones is 1. The highest BCUT2D eigenvalue weighted by atomic mass is 16.5. The summed E-state index contributed by atoms with van der Waals surface area (Å²) in [6.45, 7) is 3.98. The predicted molar refractivity (Wildman–Crippen MR) is 143 cm³/mol. The predicted octanol–water partition coefficient (Wildman–Crippen LogP) is 4.50. The molecule has 2 aromatic heterocycles. The van der Waals surface area contributed by atoms with Crippen LogP contribution in [0.15, 0.2) is 59.4 Å². The number of H-pyrrole nitrogens is 2. The number of carbonyl (C=O) groups excluding carboxylic acids is 2. The van der Waals surface area contributed by atoms with Crippen LogP contribution in [0, 0.1) is 23.2 Å². The van der Waals surface area contributed by atoms with E-state index in [0.29, 0.717) is 28.9 Å². The summed E-state index contributed by atoms with van der Waals surface area (Å²) >= 11 is 0. The van der Waals surface area contributed by atoms with Crippen LogP contribution in [0.4, 0.5) is 0 Å². The van der Waals surface area contributed by atoms with E-state index in [9.17, 15) is 19.6 Å². The first kappa shape index (κ1) is 25.7. The molecule has 4 rings (SSSR count). The first-order valence-corrected chi connectivity index (χ1v) is 12.3. The van der Waals surface area contributed by atoms with Gasteiger partial charge in [0.2, 0.25) is 11.5 Å². The number of methoxy groups -OCH3 is 1. The SMILES string of the molecule is COc1cccc2[nH]c(C(=O)C[C@@H](CC(C)C)C(=O)N[C@@H](C#N)Cc3cc(=O)[nH]c4ccccc34)cc12. The van der Waals surface area contributed by atoms with E-state index in [1.54, 1.807) is 19.2 Å². The molecule has 8 nitrogen and oxygen atoms in total. The van der Waals surface area contributed by atoms with Gasteiger partial charge >= 0.3 is 0 Å². The van der Waals surface area contributed by atoms with Gasteiger partial charge in [-0.15, -0.1) is 0 Å². The molecule has 0 unspecified atom stereocenters. The Bertz CT molecular complexity index is 1540. The summed E-state index contributed by atoms with van der Waals surface area (Å²) in [5.74, 6) is -0.311. The van der Waals surface area contributed by atoms with Gasteiger partial charge in [-0.1, -0.05) is 38.1 Å². The van der Waals surface area contributed by atoms with E-state index in [2.05, 4.69) is 21.4 Å². The van der Waals surface area contributed by atoms with Crippen LogP contribution >= 0.6 is 0 Å². The Morgan fingerprint density at radius 3 is 2.49 bits per heavy atom. The molecule has 0 aliphatic carbocycles. The van der Waals surface area contributed by atoms with E-state index in [1.807, 2.05) is 50.2 Å². The number of nitriles is 1. The third-order valence-electron chi connectivity index (χ3n) is 6.44. The molecule has 0 aliphatic heterocycles. The summed E-state index contributed by atoms with van der Waals surface area (Å²) in [4.78, 5) is 44.5. The molecular formula is C29H30N4O4. The van der Waals surface area contributed by atoms with Gasteiger partial charge in [0.15, 0.2) is 5.78 Å². The van der Waals surface area contributed by atoms with Crippen LogP contribution in [0.1, 0.15) is 42.7 Å². The number of amides is 1. The fraction of sp³-hybridized carbons (Fsp3) is 0.310. The molecule has 190 valence electrons. The number of Topliss-reactive ketones (excluding diaryl/α,β-unsaturated/α-hetero) is 1. The number of carbonyl (C=O) groups is 2. The number of hydrogen-bond donors (Lipinski definition) is 3. The molecule has 0 bridgehead atoms. The molecule has 0 saturated carbocycles. The van der Waals surface area contributed by atoms with Crippen molar-refractivity contribution in [2.24, 2.45) is 11.8 Å². The topological polar surface area (TPSA) is 128 Å². The second kappa shape index (κ2) is 11.1. The summed E-state index contributed by atoms with van der Waals surface area (Å²) in [6.07, 6.45) is 0.676. The van der Waals surface area contributed by atoms with Gasteiger partial charge in [0.1, 0.15) is 11.8 Å². The van der Waals surface area contributed by atoms with Crippen LogP contribution in [0.2, 0.25) is 0 Å². The van der Waals surface area contributed by atoms with Crippen molar-refractivity contribution < 1.29 is 14.3 Å². The lowest BCUT2D eigenvalue weighted by atomic mass is 9.90. The highest BCUT2D eigenvalue weighted by molar-refractivity contribution is 6.02. The van der Waals surface area contributed by atoms with Gasteiger partial charge in [-0.05, 0) is 42.2 Å². The summed E-state index contributed by atoms with van der Waals surface area (Å²) in [6, 6.07) is 17.4. The Morgan fingerprint density at radius 2 is 1.76 bits per heavy atom. The largest absolute Gasteiger partial charge is 0.496 e. The highest BCUT2D eigenvalue weighted by Crippen LogP contribution is 2.27. The maximum Gasteiger partial charge on any atom is 0.248 e. The molecule has 1 amide bonds. The molecule has 4 aromatic rings. The molecule has 8 heteroatoms. The van der Waals surface area contributed by atoms with Crippen LogP contribution in [0.25, 0.3) is 21.8 Å². The number of aromatic amines is 2. The number of nitrogens with one attached hydrogen (secondary N) is 3. The van der Waals surface area contributed by atoms with Gasteiger partial charge in [-0.3, -0.25) is 14.4 Å². The molecule has 0 radical (unpaired) electrons. The number of para-hydroxylation sites is 1. The molecular weight excluding hydrogens is 468 g/mol. The van der Waals surface area contributed by atoms with Crippen LogP contribution in [-0.4, -0.2) is 34.8 Å². The minimum atomic E-state index is -0.847. The van der Waals surface area contributed by atoms with Gasteiger partial charge in [0, 0.05) is 46.6 Å². The van der Waals surface area contributed by atoms with Crippen LogP contribution in [0.5, 0.6) is 5.75 Å². The van der Waals surface area contributed by atoms with E-state index < -0.39 is 12.0 Å². The van der Waals surface area contributed by atoms with E-state index in [0.717, 1.165) is 16.3 Å². The van der Waals surface area contributed by atoms with E-state index in [-0.39, 0.29) is 36.0 Å². The van der Waals surface area contributed by atoms with E-state index >= 15 is 0 Å². The Kier molecular flexibility index (Phi) is 7.73. The zero-order valence-electron chi connectivity index (χ0n) is 21.1. The van der Waals surface area contributed by atoms with Gasteiger partial charge in [0.05, 0.1) is 18.9 Å². The highest BCUT2D eigenvalue weighted by Gasteiger charge is 2.27. The van der Waals surface area contributed by atoms with Crippen molar-refractivity contribution in [2.75, 3.05) is 7.11 Å². The minimum absolute atomic E-state index is 0.00519. The number of hydrogen-bond acceptors (Lipinski definition) is 5. The number of aromatic nitrogens is 2. The normalized spacial score (nSPS) is 12.8. The molecule has 2 aromatic carbocycles. The quantitative estimate of drug-likeness (QED) is 0.277. The zero-order chi connectivity index (χ0) is 26.5. The van der Waals surface area contributed by atoms with Gasteiger partial charge < -0.3 is 20.0 Å². The molecule has 0 aliphatic rings. The lowest BCUT2D eigenvalue weighted by Crippen LogP contribution is -2.40. The Labute approximate surface area is 214 Å². The number of nitrogens with zero attached hydrogens (tertiary/aromatic N) is 1. The second-order valence-corrected chi connectivity index (χ2v) is 9.66. The van der Waals surface area contributed by atoms with Crippen molar-refractivity contribution in [2.45, 2.75) is 39.2 Å². The maximum atomic E-state index is 13.3. The van der Waals surface area contributed by atoms with Crippen molar-refractivity contribution in [3.05, 3.63) is 76.2 Å². The lowest BCUT2D eigenvalue weighted by Gasteiger charge is -2.20. The van der Waals surface area contributed by atoms with Crippen molar-refractivity contribution in [3.63, 3.8) is 0 Å². The fourth-order valence-electron chi connectivity index (χ4n) is 4.73. The Morgan fingerprint density at radius 1 is 1.03 bits per heavy atom. The smallest absolute Gasteiger partial charge is 0.248 e. The van der Waals surface area contributed by atoms with Crippen LogP contribution in [-0.2, 0) is 11.2 Å². The average Bonchev–Trinajstić information content (AvgIpc) is 3.32. The van der Waals surface area contributed by atoms with Gasteiger partial charge in [0.25, 0.3) is 0 Å². The molecule has 37 heavy (non-hydrogen) atoms.